The Kier molecular flexibility index (Phi) is 7.65. The number of amidine groups is 1. The maximum Gasteiger partial charge on any atom is 0.141 e. The first-order valence-corrected chi connectivity index (χ1v) is 12.7. The van der Waals surface area contributed by atoms with Gasteiger partial charge in [0.15, 0.2) is 0 Å². The molecule has 0 amide bonds. The lowest BCUT2D eigenvalue weighted by Gasteiger charge is -2.19. The topological polar surface area (TPSA) is 62.7 Å². The molecule has 0 aliphatic heterocycles. The number of anilines is 1. The highest BCUT2D eigenvalue weighted by atomic mass is 32.1. The van der Waals surface area contributed by atoms with E-state index in [4.69, 9.17) is 10.7 Å². The van der Waals surface area contributed by atoms with Gasteiger partial charge in [0.1, 0.15) is 11.7 Å². The Bertz CT molecular complexity index is 1230. The first kappa shape index (κ1) is 24.0. The Morgan fingerprint density at radius 3 is 2.47 bits per heavy atom. The molecule has 0 fully saturated rings. The van der Waals surface area contributed by atoms with Crippen LogP contribution in [0.25, 0.3) is 11.0 Å². The number of benzene rings is 2. The number of hydrogen-bond donors (Lipinski definition) is 1. The number of nitrogens with zero attached hydrogens (tertiary/aromatic N) is 5. The number of aromatic nitrogens is 2. The average Bonchev–Trinajstić information content (AvgIpc) is 3.48. The van der Waals surface area contributed by atoms with Crippen molar-refractivity contribution in [2.45, 2.75) is 26.8 Å². The van der Waals surface area contributed by atoms with Crippen LogP contribution in [-0.2, 0) is 13.0 Å². The van der Waals surface area contributed by atoms with E-state index in [9.17, 15) is 0 Å². The molecule has 0 radical (unpaired) electrons. The minimum absolute atomic E-state index is 0.538. The number of rotatable bonds is 10. The van der Waals surface area contributed by atoms with Crippen LogP contribution in [0.4, 0.5) is 11.4 Å². The van der Waals surface area contributed by atoms with Gasteiger partial charge in [-0.3, -0.25) is 0 Å². The Hall–Kier alpha value is -3.16. The van der Waals surface area contributed by atoms with Crippen molar-refractivity contribution in [3.05, 3.63) is 76.2 Å². The Balaban J connectivity index is 1.68. The second kappa shape index (κ2) is 10.8. The molecule has 2 aromatic heterocycles. The number of nitrogens with two attached hydrogens (primary N) is 1. The van der Waals surface area contributed by atoms with Crippen LogP contribution in [0.1, 0.15) is 30.1 Å². The molecule has 7 heteroatoms. The van der Waals surface area contributed by atoms with Crippen LogP contribution in [0.15, 0.2) is 65.0 Å². The van der Waals surface area contributed by atoms with E-state index in [0.29, 0.717) is 5.84 Å². The molecular formula is C27H34N6S. The number of fused-ring (bicyclic) bond motifs is 1. The summed E-state index contributed by atoms with van der Waals surface area (Å²) in [6.45, 7) is 8.42. The molecule has 178 valence electrons. The molecule has 0 aliphatic rings. The quantitative estimate of drug-likeness (QED) is 0.256. The predicted octanol–water partition coefficient (Wildman–Crippen LogP) is 5.13. The summed E-state index contributed by atoms with van der Waals surface area (Å²) >= 11 is 1.59. The first-order chi connectivity index (χ1) is 16.5. The van der Waals surface area contributed by atoms with Crippen molar-refractivity contribution in [2.24, 2.45) is 10.7 Å². The Labute approximate surface area is 206 Å². The smallest absolute Gasteiger partial charge is 0.141 e. The number of hydrogen-bond acceptors (Lipinski definition) is 5. The van der Waals surface area contributed by atoms with Gasteiger partial charge in [-0.15, -0.1) is 11.3 Å². The summed E-state index contributed by atoms with van der Waals surface area (Å²) in [5.74, 6) is 1.61. The summed E-state index contributed by atoms with van der Waals surface area (Å²) in [4.78, 5) is 15.2. The van der Waals surface area contributed by atoms with Gasteiger partial charge in [-0.2, -0.15) is 0 Å². The van der Waals surface area contributed by atoms with Crippen molar-refractivity contribution < 1.29 is 0 Å². The summed E-state index contributed by atoms with van der Waals surface area (Å²) in [6, 6.07) is 18.9. The zero-order chi connectivity index (χ0) is 24.1. The minimum atomic E-state index is 0.538. The predicted molar refractivity (Wildman–Crippen MR) is 146 cm³/mol. The second-order valence-electron chi connectivity index (χ2n) is 8.59. The molecule has 2 heterocycles. The van der Waals surface area contributed by atoms with Crippen LogP contribution < -0.4 is 10.6 Å². The van der Waals surface area contributed by atoms with Crippen LogP contribution in [-0.4, -0.2) is 54.0 Å². The van der Waals surface area contributed by atoms with E-state index < -0.39 is 0 Å². The lowest BCUT2D eigenvalue weighted by atomic mass is 10.1. The molecule has 6 nitrogen and oxygen atoms in total. The average molecular weight is 475 g/mol. The van der Waals surface area contributed by atoms with Gasteiger partial charge in [0, 0.05) is 39.3 Å². The van der Waals surface area contributed by atoms with Gasteiger partial charge < -0.3 is 20.1 Å². The van der Waals surface area contributed by atoms with E-state index in [0.717, 1.165) is 60.0 Å². The molecule has 0 saturated heterocycles. The molecule has 0 atom stereocenters. The fourth-order valence-corrected chi connectivity index (χ4v) is 4.74. The second-order valence-corrected chi connectivity index (χ2v) is 9.54. The van der Waals surface area contributed by atoms with Gasteiger partial charge in [0.2, 0.25) is 0 Å². The number of imidazole rings is 1. The maximum atomic E-state index is 6.22. The van der Waals surface area contributed by atoms with Crippen LogP contribution in [0, 0.1) is 0 Å². The fraction of sp³-hybridized carbons (Fsp3) is 0.333. The van der Waals surface area contributed by atoms with Gasteiger partial charge in [0.05, 0.1) is 21.6 Å². The molecule has 4 aromatic rings. The maximum absolute atomic E-state index is 6.22. The van der Waals surface area contributed by atoms with Crippen LogP contribution in [0.5, 0.6) is 0 Å². The molecule has 0 bridgehead atoms. The normalized spacial score (nSPS) is 12.1. The summed E-state index contributed by atoms with van der Waals surface area (Å²) in [5, 5.41) is 2.01. The summed E-state index contributed by atoms with van der Waals surface area (Å²) in [6.07, 6.45) is 0.788. The molecule has 34 heavy (non-hydrogen) atoms. The van der Waals surface area contributed by atoms with Crippen molar-refractivity contribution >= 4 is 39.6 Å². The van der Waals surface area contributed by atoms with E-state index in [1.807, 2.05) is 29.6 Å². The molecule has 0 spiro atoms. The highest BCUT2D eigenvalue weighted by Crippen LogP contribution is 2.25. The van der Waals surface area contributed by atoms with Crippen LogP contribution in [0.3, 0.4) is 0 Å². The minimum Gasteiger partial charge on any atom is -0.383 e. The van der Waals surface area contributed by atoms with E-state index >= 15 is 0 Å². The van der Waals surface area contributed by atoms with Gasteiger partial charge >= 0.3 is 0 Å². The summed E-state index contributed by atoms with van der Waals surface area (Å²) in [7, 11) is 4.12. The Morgan fingerprint density at radius 1 is 1.06 bits per heavy atom. The van der Waals surface area contributed by atoms with Crippen LogP contribution >= 0.6 is 11.3 Å². The highest BCUT2D eigenvalue weighted by molar-refractivity contribution is 7.12. The third-order valence-corrected chi connectivity index (χ3v) is 7.08. The standard InChI is InChI=1S/C27H34N6S/c1-5-32(6-2)15-16-33-24-14-11-21(29-27(28)25-8-7-17-34-25)19-23(24)30-26(33)18-20-9-12-22(13-10-20)31(3)4/h7-14,17,19H,5-6,15-16,18H2,1-4H3,(H2,28,29). The van der Waals surface area contributed by atoms with Gasteiger partial charge in [-0.05, 0) is 60.4 Å². The van der Waals surface area contributed by atoms with Gasteiger partial charge in [-0.25, -0.2) is 9.98 Å². The molecular weight excluding hydrogens is 440 g/mol. The molecule has 0 unspecified atom stereocenters. The molecule has 4 rings (SSSR count). The van der Waals surface area contributed by atoms with Crippen molar-refractivity contribution in [1.29, 1.82) is 0 Å². The molecule has 0 aliphatic carbocycles. The first-order valence-electron chi connectivity index (χ1n) is 11.8. The summed E-state index contributed by atoms with van der Waals surface area (Å²) < 4.78 is 2.36. The molecule has 0 saturated carbocycles. The lowest BCUT2D eigenvalue weighted by Crippen LogP contribution is -2.27. The third-order valence-electron chi connectivity index (χ3n) is 6.18. The fourth-order valence-electron chi connectivity index (χ4n) is 4.12. The molecule has 2 N–H and O–H groups in total. The van der Waals surface area contributed by atoms with E-state index in [1.54, 1.807) is 11.3 Å². The number of likely N-dealkylation sites (N-methyl/N-ethyl adjacent to an activating group) is 1. The van der Waals surface area contributed by atoms with Gasteiger partial charge in [0.25, 0.3) is 0 Å². The van der Waals surface area contributed by atoms with Crippen molar-refractivity contribution in [3.63, 3.8) is 0 Å². The van der Waals surface area contributed by atoms with Crippen molar-refractivity contribution in [3.8, 4) is 0 Å². The number of aliphatic imine (C=N–C) groups is 1. The van der Waals surface area contributed by atoms with E-state index in [-0.39, 0.29) is 0 Å². The largest absolute Gasteiger partial charge is 0.383 e. The third kappa shape index (κ3) is 5.48. The van der Waals surface area contributed by atoms with Crippen molar-refractivity contribution in [1.82, 2.24) is 14.5 Å². The van der Waals surface area contributed by atoms with E-state index in [2.05, 4.69) is 77.6 Å². The lowest BCUT2D eigenvalue weighted by molar-refractivity contribution is 0.291. The monoisotopic (exact) mass is 474 g/mol. The zero-order valence-corrected chi connectivity index (χ0v) is 21.3. The van der Waals surface area contributed by atoms with Crippen LogP contribution in [0.2, 0.25) is 0 Å². The Morgan fingerprint density at radius 2 is 1.82 bits per heavy atom. The molecule has 2 aromatic carbocycles. The number of thiophene rings is 1. The van der Waals surface area contributed by atoms with Crippen molar-refractivity contribution in [2.75, 3.05) is 38.6 Å². The summed E-state index contributed by atoms with van der Waals surface area (Å²) in [5.41, 5.74) is 11.6. The highest BCUT2D eigenvalue weighted by Gasteiger charge is 2.14. The van der Waals surface area contributed by atoms with E-state index in [1.165, 1.54) is 11.3 Å². The van der Waals surface area contributed by atoms with Gasteiger partial charge in [-0.1, -0.05) is 32.0 Å². The SMILES string of the molecule is CCN(CC)CCn1c(Cc2ccc(N(C)C)cc2)nc2cc(N=C(N)c3cccs3)ccc21. The zero-order valence-electron chi connectivity index (χ0n) is 20.5.